The summed E-state index contributed by atoms with van der Waals surface area (Å²) in [7, 11) is 3.65. The molecule has 0 bridgehead atoms. The number of aliphatic imine (C=N–C) groups is 1. The van der Waals surface area contributed by atoms with E-state index in [1.54, 1.807) is 22.8 Å². The molecule has 3 aromatic rings. The summed E-state index contributed by atoms with van der Waals surface area (Å²) in [5.74, 6) is -0.285. The van der Waals surface area contributed by atoms with Crippen LogP contribution in [0.5, 0.6) is 0 Å². The third kappa shape index (κ3) is 6.47. The molecule has 39 heavy (non-hydrogen) atoms. The van der Waals surface area contributed by atoms with Crippen LogP contribution in [0.1, 0.15) is 50.9 Å². The fraction of sp³-hybridized carbons (Fsp3) is 0.429. The molecule has 2 heterocycles. The highest BCUT2D eigenvalue weighted by Crippen LogP contribution is 2.43. The number of hydrogen-bond donors (Lipinski definition) is 1. The lowest BCUT2D eigenvalue weighted by atomic mass is 10.1. The number of amides is 1. The Morgan fingerprint density at radius 3 is 2.51 bits per heavy atom. The van der Waals surface area contributed by atoms with Gasteiger partial charge < -0.3 is 10.2 Å². The van der Waals surface area contributed by atoms with Crippen molar-refractivity contribution in [2.45, 2.75) is 52.9 Å². The van der Waals surface area contributed by atoms with Crippen molar-refractivity contribution in [2.24, 2.45) is 10.9 Å². The maximum absolute atomic E-state index is 14.0. The number of alkyl halides is 3. The number of halogens is 3. The van der Waals surface area contributed by atoms with Crippen LogP contribution >= 0.6 is 0 Å². The average molecular weight is 542 g/mol. The molecule has 0 radical (unpaired) electrons. The van der Waals surface area contributed by atoms with Crippen LogP contribution in [0.4, 0.5) is 30.2 Å². The van der Waals surface area contributed by atoms with Crippen LogP contribution in [0, 0.1) is 5.92 Å². The van der Waals surface area contributed by atoms with E-state index in [1.165, 1.54) is 6.07 Å². The summed E-state index contributed by atoms with van der Waals surface area (Å²) in [4.78, 5) is 21.2. The van der Waals surface area contributed by atoms with E-state index in [1.807, 2.05) is 45.2 Å². The zero-order valence-corrected chi connectivity index (χ0v) is 23.0. The average Bonchev–Trinajstić information content (AvgIpc) is 3.23. The number of carbonyl (C=O) groups is 1. The van der Waals surface area contributed by atoms with Crippen molar-refractivity contribution in [3.05, 3.63) is 59.4 Å². The lowest BCUT2D eigenvalue weighted by Crippen LogP contribution is -2.26. The number of aromatic nitrogens is 3. The Hall–Kier alpha value is -3.73. The van der Waals surface area contributed by atoms with Gasteiger partial charge in [0.25, 0.3) is 0 Å². The summed E-state index contributed by atoms with van der Waals surface area (Å²) in [5, 5.41) is 11.0. The van der Waals surface area contributed by atoms with Crippen molar-refractivity contribution < 1.29 is 18.0 Å². The lowest BCUT2D eigenvalue weighted by molar-refractivity contribution is -0.137. The number of nitrogens with zero attached hydrogens (tertiary/aromatic N) is 6. The molecular formula is C28H34F3N7O. The lowest BCUT2D eigenvalue weighted by Gasteiger charge is -2.26. The maximum atomic E-state index is 14.0. The van der Waals surface area contributed by atoms with Gasteiger partial charge in [-0.3, -0.25) is 14.7 Å². The van der Waals surface area contributed by atoms with Gasteiger partial charge in [-0.25, -0.2) is 4.68 Å². The Bertz CT molecular complexity index is 1380. The van der Waals surface area contributed by atoms with Crippen molar-refractivity contribution in [3.63, 3.8) is 0 Å². The van der Waals surface area contributed by atoms with Gasteiger partial charge in [-0.05, 0) is 56.6 Å². The maximum Gasteiger partial charge on any atom is 0.418 e. The van der Waals surface area contributed by atoms with E-state index in [0.717, 1.165) is 17.4 Å². The first-order chi connectivity index (χ1) is 18.3. The zero-order chi connectivity index (χ0) is 28.5. The molecule has 1 aliphatic heterocycles. The standard InChI is InChI=1S/C28H34F3N7O/c1-17(2)15-37(6)26-12-25-24(11-22(26)28(29,30)31)34-27(39)13-23(33-25)19-8-7-9-20(10-19)38-21(14-32-35-38)16-36(5)18(3)4/h7-12,14,17-18H,13,15-16H2,1-6H3,(H,34,39). The number of anilines is 2. The van der Waals surface area contributed by atoms with Gasteiger partial charge in [-0.1, -0.05) is 31.2 Å². The fourth-order valence-electron chi connectivity index (χ4n) is 4.49. The molecule has 4 rings (SSSR count). The highest BCUT2D eigenvalue weighted by atomic mass is 19.4. The number of carbonyl (C=O) groups excluding carboxylic acids is 1. The number of fused-ring (bicyclic) bond motifs is 1. The predicted octanol–water partition coefficient (Wildman–Crippen LogP) is 5.68. The first-order valence-corrected chi connectivity index (χ1v) is 12.9. The predicted molar refractivity (Wildman–Crippen MR) is 147 cm³/mol. The molecule has 0 saturated carbocycles. The SMILES string of the molecule is CC(C)CN(C)c1cc2c(cc1C(F)(F)F)NC(=O)CC(c1cccc(-n3nncc3CN(C)C(C)C)c1)=N2. The number of nitrogens with one attached hydrogen (secondary N) is 1. The van der Waals surface area contributed by atoms with Crippen LogP contribution in [0.15, 0.2) is 47.6 Å². The third-order valence-electron chi connectivity index (χ3n) is 6.66. The molecule has 11 heteroatoms. The van der Waals surface area contributed by atoms with Gasteiger partial charge in [0, 0.05) is 26.2 Å². The van der Waals surface area contributed by atoms with Crippen molar-refractivity contribution in [1.82, 2.24) is 19.9 Å². The van der Waals surface area contributed by atoms with Crippen LogP contribution < -0.4 is 10.2 Å². The molecule has 0 fully saturated rings. The van der Waals surface area contributed by atoms with E-state index >= 15 is 0 Å². The minimum atomic E-state index is -4.59. The fourth-order valence-corrected chi connectivity index (χ4v) is 4.49. The summed E-state index contributed by atoms with van der Waals surface area (Å²) in [6.07, 6.45) is -2.96. The highest BCUT2D eigenvalue weighted by Gasteiger charge is 2.36. The molecule has 1 aliphatic rings. The molecule has 0 atom stereocenters. The van der Waals surface area contributed by atoms with Crippen molar-refractivity contribution in [3.8, 4) is 5.69 Å². The zero-order valence-electron chi connectivity index (χ0n) is 23.0. The van der Waals surface area contributed by atoms with E-state index in [9.17, 15) is 18.0 Å². The number of benzene rings is 2. The second-order valence-electron chi connectivity index (χ2n) is 10.6. The molecule has 0 unspecified atom stereocenters. The van der Waals surface area contributed by atoms with Crippen LogP contribution in [-0.4, -0.2) is 58.2 Å². The van der Waals surface area contributed by atoms with E-state index < -0.39 is 17.6 Å². The molecule has 0 spiro atoms. The minimum absolute atomic E-state index is 0.0180. The van der Waals surface area contributed by atoms with Crippen LogP contribution in [-0.2, 0) is 17.5 Å². The second kappa shape index (κ2) is 11.2. The van der Waals surface area contributed by atoms with Gasteiger partial charge in [0.05, 0.1) is 52.3 Å². The van der Waals surface area contributed by atoms with Gasteiger partial charge in [-0.15, -0.1) is 5.10 Å². The highest BCUT2D eigenvalue weighted by molar-refractivity contribution is 6.17. The van der Waals surface area contributed by atoms with E-state index in [2.05, 4.69) is 34.4 Å². The van der Waals surface area contributed by atoms with Crippen molar-refractivity contribution in [2.75, 3.05) is 30.9 Å². The van der Waals surface area contributed by atoms with Crippen molar-refractivity contribution in [1.29, 1.82) is 0 Å². The molecular weight excluding hydrogens is 507 g/mol. The first-order valence-electron chi connectivity index (χ1n) is 12.9. The van der Waals surface area contributed by atoms with Gasteiger partial charge in [0.15, 0.2) is 0 Å². The normalized spacial score (nSPS) is 13.9. The summed E-state index contributed by atoms with van der Waals surface area (Å²) in [6, 6.07) is 10.1. The Labute approximate surface area is 226 Å². The van der Waals surface area contributed by atoms with Gasteiger partial charge in [-0.2, -0.15) is 13.2 Å². The Morgan fingerprint density at radius 2 is 1.85 bits per heavy atom. The molecule has 1 N–H and O–H groups in total. The molecule has 0 aliphatic carbocycles. The molecule has 2 aromatic carbocycles. The Balaban J connectivity index is 1.77. The van der Waals surface area contributed by atoms with E-state index in [0.29, 0.717) is 30.4 Å². The van der Waals surface area contributed by atoms with Crippen LogP contribution in [0.2, 0.25) is 0 Å². The van der Waals surface area contributed by atoms with Crippen molar-refractivity contribution >= 4 is 28.7 Å². The summed E-state index contributed by atoms with van der Waals surface area (Å²) in [6.45, 7) is 9.16. The molecule has 1 amide bonds. The quantitative estimate of drug-likeness (QED) is 0.397. The van der Waals surface area contributed by atoms with Crippen LogP contribution in [0.25, 0.3) is 5.69 Å². The van der Waals surface area contributed by atoms with E-state index in [4.69, 9.17) is 4.99 Å². The molecule has 8 nitrogen and oxygen atoms in total. The minimum Gasteiger partial charge on any atom is -0.374 e. The number of rotatable bonds is 8. The first kappa shape index (κ1) is 28.3. The topological polar surface area (TPSA) is 78.7 Å². The smallest absolute Gasteiger partial charge is 0.374 e. The van der Waals surface area contributed by atoms with Gasteiger partial charge in [0.1, 0.15) is 0 Å². The monoisotopic (exact) mass is 541 g/mol. The van der Waals surface area contributed by atoms with E-state index in [-0.39, 0.29) is 29.4 Å². The largest absolute Gasteiger partial charge is 0.418 e. The summed E-state index contributed by atoms with van der Waals surface area (Å²) < 4.78 is 43.7. The van der Waals surface area contributed by atoms with Crippen LogP contribution in [0.3, 0.4) is 0 Å². The third-order valence-corrected chi connectivity index (χ3v) is 6.66. The Kier molecular flexibility index (Phi) is 8.10. The molecule has 1 aromatic heterocycles. The van der Waals surface area contributed by atoms with Gasteiger partial charge >= 0.3 is 6.18 Å². The number of hydrogen-bond acceptors (Lipinski definition) is 6. The Morgan fingerprint density at radius 1 is 1.10 bits per heavy atom. The second-order valence-corrected chi connectivity index (χ2v) is 10.6. The summed E-state index contributed by atoms with van der Waals surface area (Å²) >= 11 is 0. The molecule has 208 valence electrons. The summed E-state index contributed by atoms with van der Waals surface area (Å²) in [5.41, 5.74) is 2.29. The van der Waals surface area contributed by atoms with Gasteiger partial charge in [0.2, 0.25) is 5.91 Å². The molecule has 0 saturated heterocycles.